The van der Waals surface area contributed by atoms with E-state index >= 15 is 0 Å². The van der Waals surface area contributed by atoms with Crippen molar-refractivity contribution in [3.63, 3.8) is 0 Å². The molecule has 8 nitrogen and oxygen atoms in total. The Bertz CT molecular complexity index is 1100. The number of hydrogen-bond acceptors (Lipinski definition) is 8. The zero-order valence-corrected chi connectivity index (χ0v) is 16.8. The van der Waals surface area contributed by atoms with Gasteiger partial charge in [0.1, 0.15) is 11.6 Å². The summed E-state index contributed by atoms with van der Waals surface area (Å²) in [6.07, 6.45) is 0. The van der Waals surface area contributed by atoms with Crippen molar-refractivity contribution in [2.75, 3.05) is 21.3 Å². The number of nitrogens with one attached hydrogen (secondary N) is 1. The first-order valence-corrected chi connectivity index (χ1v) is 9.50. The Labute approximate surface area is 171 Å². The standard InChI is InChI=1S/C20H18N4O4S/c1-25-12-7-10(8-13(26-2)18(12)27-3)17-16-15(14-5-4-6-29-14)11(9-21)19(22)28-20(16)24-23-17/h4-8,15H,22H2,1-3H3,(H,23,24). The van der Waals surface area contributed by atoms with Crippen molar-refractivity contribution in [2.24, 2.45) is 5.73 Å². The van der Waals surface area contributed by atoms with E-state index in [4.69, 9.17) is 24.7 Å². The van der Waals surface area contributed by atoms with E-state index in [9.17, 15) is 5.26 Å². The number of aromatic amines is 1. The van der Waals surface area contributed by atoms with Crippen LogP contribution in [0.2, 0.25) is 0 Å². The molecule has 3 heterocycles. The summed E-state index contributed by atoms with van der Waals surface area (Å²) in [6.45, 7) is 0. The lowest BCUT2D eigenvalue weighted by Gasteiger charge is -2.23. The van der Waals surface area contributed by atoms with E-state index in [1.165, 1.54) is 11.3 Å². The predicted octanol–water partition coefficient (Wildman–Crippen LogP) is 3.38. The number of rotatable bonds is 5. The molecule has 0 bridgehead atoms. The van der Waals surface area contributed by atoms with Gasteiger partial charge in [0.25, 0.3) is 0 Å². The molecule has 0 spiro atoms. The second-order valence-electron chi connectivity index (χ2n) is 6.17. The average molecular weight is 410 g/mol. The van der Waals surface area contributed by atoms with Crippen molar-refractivity contribution in [2.45, 2.75) is 5.92 Å². The van der Waals surface area contributed by atoms with E-state index in [1.807, 2.05) is 29.6 Å². The number of nitrogens with two attached hydrogens (primary N) is 1. The summed E-state index contributed by atoms with van der Waals surface area (Å²) in [6, 6.07) is 9.71. The summed E-state index contributed by atoms with van der Waals surface area (Å²) in [7, 11) is 4.65. The van der Waals surface area contributed by atoms with Gasteiger partial charge in [-0.25, -0.2) is 0 Å². The molecule has 0 saturated heterocycles. The Kier molecular flexibility index (Phi) is 4.78. The molecule has 2 aromatic heterocycles. The molecule has 0 aliphatic carbocycles. The summed E-state index contributed by atoms with van der Waals surface area (Å²) < 4.78 is 22.0. The van der Waals surface area contributed by atoms with Crippen LogP contribution in [0.1, 0.15) is 16.4 Å². The molecule has 4 rings (SSSR count). The monoisotopic (exact) mass is 410 g/mol. The summed E-state index contributed by atoms with van der Waals surface area (Å²) >= 11 is 1.54. The molecular weight excluding hydrogens is 392 g/mol. The molecule has 0 saturated carbocycles. The maximum atomic E-state index is 9.74. The van der Waals surface area contributed by atoms with Crippen molar-refractivity contribution < 1.29 is 18.9 Å². The van der Waals surface area contributed by atoms with Gasteiger partial charge in [0.05, 0.1) is 38.5 Å². The fourth-order valence-corrected chi connectivity index (χ4v) is 4.27. The minimum atomic E-state index is -0.392. The van der Waals surface area contributed by atoms with Crippen LogP contribution in [0, 0.1) is 11.3 Å². The van der Waals surface area contributed by atoms with Crippen LogP contribution in [0.25, 0.3) is 11.3 Å². The van der Waals surface area contributed by atoms with Gasteiger partial charge in [0.15, 0.2) is 11.5 Å². The maximum absolute atomic E-state index is 9.74. The van der Waals surface area contributed by atoms with Gasteiger partial charge in [-0.1, -0.05) is 6.07 Å². The van der Waals surface area contributed by atoms with Gasteiger partial charge in [-0.05, 0) is 23.6 Å². The van der Waals surface area contributed by atoms with Gasteiger partial charge in [-0.15, -0.1) is 16.4 Å². The highest BCUT2D eigenvalue weighted by atomic mass is 32.1. The van der Waals surface area contributed by atoms with Crippen molar-refractivity contribution in [1.82, 2.24) is 10.2 Å². The minimum Gasteiger partial charge on any atom is -0.493 e. The number of thiophene rings is 1. The van der Waals surface area contributed by atoms with E-state index in [0.29, 0.717) is 34.4 Å². The maximum Gasteiger partial charge on any atom is 0.244 e. The first kappa shape index (κ1) is 18.7. The lowest BCUT2D eigenvalue weighted by molar-refractivity contribution is 0.324. The number of nitriles is 1. The molecular formula is C20H18N4O4S. The van der Waals surface area contributed by atoms with Crippen molar-refractivity contribution in [3.05, 3.63) is 51.5 Å². The number of aromatic nitrogens is 2. The summed E-state index contributed by atoms with van der Waals surface area (Å²) in [5.41, 5.74) is 8.50. The number of fused-ring (bicyclic) bond motifs is 1. The lowest BCUT2D eigenvalue weighted by Crippen LogP contribution is -2.20. The molecule has 1 atom stereocenters. The molecule has 0 amide bonds. The first-order valence-electron chi connectivity index (χ1n) is 8.62. The Hall–Kier alpha value is -3.64. The second-order valence-corrected chi connectivity index (χ2v) is 7.15. The van der Waals surface area contributed by atoms with E-state index in [1.54, 1.807) is 21.3 Å². The van der Waals surface area contributed by atoms with Crippen LogP contribution in [0.5, 0.6) is 23.1 Å². The van der Waals surface area contributed by atoms with Gasteiger partial charge in [0, 0.05) is 10.4 Å². The second kappa shape index (κ2) is 7.41. The van der Waals surface area contributed by atoms with Crippen molar-refractivity contribution >= 4 is 11.3 Å². The quantitative estimate of drug-likeness (QED) is 0.662. The number of ether oxygens (including phenoxy) is 4. The largest absolute Gasteiger partial charge is 0.493 e. The number of allylic oxidation sites excluding steroid dienone is 1. The summed E-state index contributed by atoms with van der Waals surface area (Å²) in [4.78, 5) is 0.962. The van der Waals surface area contributed by atoms with Crippen LogP contribution in [0.15, 0.2) is 41.1 Å². The van der Waals surface area contributed by atoms with Crippen LogP contribution in [-0.4, -0.2) is 31.5 Å². The fraction of sp³-hybridized carbons (Fsp3) is 0.200. The third-order valence-electron chi connectivity index (χ3n) is 4.72. The van der Waals surface area contributed by atoms with Gasteiger partial charge in [0.2, 0.25) is 17.5 Å². The van der Waals surface area contributed by atoms with E-state index in [2.05, 4.69) is 16.3 Å². The van der Waals surface area contributed by atoms with Crippen molar-refractivity contribution in [3.8, 4) is 40.5 Å². The molecule has 3 aromatic rings. The molecule has 1 aliphatic rings. The van der Waals surface area contributed by atoms with Crippen LogP contribution in [-0.2, 0) is 0 Å². The molecule has 29 heavy (non-hydrogen) atoms. The van der Waals surface area contributed by atoms with Gasteiger partial charge >= 0.3 is 0 Å². The molecule has 1 unspecified atom stereocenters. The van der Waals surface area contributed by atoms with Crippen molar-refractivity contribution in [1.29, 1.82) is 5.26 Å². The SMILES string of the molecule is COc1cc(-c2[nH]nc3c2C(c2cccs2)C(C#N)=C(N)O3)cc(OC)c1OC. The molecule has 0 radical (unpaired) electrons. The molecule has 3 N–H and O–H groups in total. The lowest BCUT2D eigenvalue weighted by atomic mass is 9.87. The van der Waals surface area contributed by atoms with Crippen LogP contribution >= 0.6 is 11.3 Å². The minimum absolute atomic E-state index is 0.0568. The Balaban J connectivity index is 1.95. The summed E-state index contributed by atoms with van der Waals surface area (Å²) in [5, 5.41) is 19.0. The number of H-pyrrole nitrogens is 1. The molecule has 1 aromatic carbocycles. The van der Waals surface area contributed by atoms with Gasteiger partial charge < -0.3 is 24.7 Å². The first-order chi connectivity index (χ1) is 14.1. The Morgan fingerprint density at radius 1 is 1.21 bits per heavy atom. The normalized spacial score (nSPS) is 15.3. The third-order valence-corrected chi connectivity index (χ3v) is 5.66. The third kappa shape index (κ3) is 2.94. The van der Waals surface area contributed by atoms with E-state index in [0.717, 1.165) is 16.0 Å². The number of benzene rings is 1. The molecule has 9 heteroatoms. The van der Waals surface area contributed by atoms with Gasteiger partial charge in [-0.3, -0.25) is 5.10 Å². The summed E-state index contributed by atoms with van der Waals surface area (Å²) in [5.74, 6) is 1.50. The van der Waals surface area contributed by atoms with Crippen LogP contribution in [0.3, 0.4) is 0 Å². The Morgan fingerprint density at radius 2 is 1.93 bits per heavy atom. The highest BCUT2D eigenvalue weighted by Gasteiger charge is 2.36. The Morgan fingerprint density at radius 3 is 2.48 bits per heavy atom. The number of hydrogen-bond donors (Lipinski definition) is 2. The van der Waals surface area contributed by atoms with Crippen LogP contribution < -0.4 is 24.7 Å². The van der Waals surface area contributed by atoms with E-state index < -0.39 is 5.92 Å². The number of methoxy groups -OCH3 is 3. The molecule has 0 fully saturated rings. The van der Waals surface area contributed by atoms with Crippen LogP contribution in [0.4, 0.5) is 0 Å². The number of nitrogens with zero attached hydrogens (tertiary/aromatic N) is 2. The zero-order valence-electron chi connectivity index (χ0n) is 16.0. The predicted molar refractivity (Wildman–Crippen MR) is 107 cm³/mol. The highest BCUT2D eigenvalue weighted by molar-refractivity contribution is 7.10. The zero-order chi connectivity index (χ0) is 20.5. The average Bonchev–Trinajstić information content (AvgIpc) is 3.41. The highest BCUT2D eigenvalue weighted by Crippen LogP contribution is 2.49. The molecule has 1 aliphatic heterocycles. The topological polar surface area (TPSA) is 115 Å². The fourth-order valence-electron chi connectivity index (χ4n) is 3.43. The molecule has 148 valence electrons. The van der Waals surface area contributed by atoms with Gasteiger partial charge in [-0.2, -0.15) is 5.26 Å². The smallest absolute Gasteiger partial charge is 0.244 e. The van der Waals surface area contributed by atoms with E-state index in [-0.39, 0.29) is 5.88 Å².